The van der Waals surface area contributed by atoms with E-state index in [1.807, 2.05) is 25.1 Å². The average molecular weight is 217 g/mol. The summed E-state index contributed by atoms with van der Waals surface area (Å²) in [5.74, 6) is 0. The topological polar surface area (TPSA) is 47.6 Å². The van der Waals surface area contributed by atoms with Crippen molar-refractivity contribution in [1.82, 2.24) is 0 Å². The zero-order valence-corrected chi connectivity index (χ0v) is 9.04. The van der Waals surface area contributed by atoms with Gasteiger partial charge in [-0.25, -0.2) is 0 Å². The van der Waals surface area contributed by atoms with Gasteiger partial charge >= 0.3 is 0 Å². The number of benzene rings is 1. The molecular weight excluding hydrogens is 208 g/mol. The molecule has 0 bridgehead atoms. The molecule has 0 aromatic heterocycles. The van der Waals surface area contributed by atoms with Crippen molar-refractivity contribution in [2.75, 3.05) is 0 Å². The normalized spacial score (nSPS) is 8.80. The van der Waals surface area contributed by atoms with Crippen molar-refractivity contribution in [3.63, 3.8) is 0 Å². The van der Waals surface area contributed by atoms with Crippen LogP contribution in [0.1, 0.15) is 18.1 Å². The van der Waals surface area contributed by atoms with Gasteiger partial charge in [-0.1, -0.05) is 30.7 Å². The minimum atomic E-state index is 0.0966. The van der Waals surface area contributed by atoms with Gasteiger partial charge in [0.05, 0.1) is 0 Å². The SMILES string of the molecule is CCc1cc(C=C(C#N)C#N)ccc1Cl. The van der Waals surface area contributed by atoms with Crippen LogP contribution in [-0.2, 0) is 6.42 Å². The van der Waals surface area contributed by atoms with Gasteiger partial charge in [-0.15, -0.1) is 0 Å². The molecule has 3 heteroatoms. The van der Waals surface area contributed by atoms with E-state index in [-0.39, 0.29) is 5.57 Å². The van der Waals surface area contributed by atoms with Crippen LogP contribution in [0.2, 0.25) is 5.02 Å². The first kappa shape index (κ1) is 11.3. The highest BCUT2D eigenvalue weighted by Crippen LogP contribution is 2.19. The minimum absolute atomic E-state index is 0.0966. The molecule has 0 aliphatic heterocycles. The lowest BCUT2D eigenvalue weighted by atomic mass is 10.1. The fourth-order valence-electron chi connectivity index (χ4n) is 1.21. The van der Waals surface area contributed by atoms with Crippen molar-refractivity contribution < 1.29 is 0 Å². The molecule has 0 N–H and O–H groups in total. The van der Waals surface area contributed by atoms with Crippen LogP contribution in [0, 0.1) is 22.7 Å². The average Bonchev–Trinajstić information content (AvgIpc) is 2.28. The number of nitriles is 2. The van der Waals surface area contributed by atoms with Crippen LogP contribution in [0.5, 0.6) is 0 Å². The van der Waals surface area contributed by atoms with Crippen molar-refractivity contribution >= 4 is 17.7 Å². The highest BCUT2D eigenvalue weighted by Gasteiger charge is 1.99. The Hall–Kier alpha value is -1.77. The Morgan fingerprint density at radius 2 is 2.07 bits per heavy atom. The number of hydrogen-bond acceptors (Lipinski definition) is 2. The zero-order valence-electron chi connectivity index (χ0n) is 8.29. The van der Waals surface area contributed by atoms with Crippen LogP contribution in [0.15, 0.2) is 23.8 Å². The Bertz CT molecular complexity index is 459. The second-order valence-corrected chi connectivity index (χ2v) is 3.39. The maximum atomic E-state index is 8.60. The highest BCUT2D eigenvalue weighted by molar-refractivity contribution is 6.31. The fourth-order valence-corrected chi connectivity index (χ4v) is 1.46. The molecule has 1 aromatic rings. The lowest BCUT2D eigenvalue weighted by Gasteiger charge is -2.01. The summed E-state index contributed by atoms with van der Waals surface area (Å²) in [6.45, 7) is 2.00. The van der Waals surface area contributed by atoms with Crippen LogP contribution in [-0.4, -0.2) is 0 Å². The predicted octanol–water partition coefficient (Wildman–Crippen LogP) is 3.33. The van der Waals surface area contributed by atoms with E-state index in [2.05, 4.69) is 0 Å². The standard InChI is InChI=1S/C12H9ClN2/c1-2-11-6-9(3-4-12(11)13)5-10(7-14)8-15/h3-6H,2H2,1H3. The van der Waals surface area contributed by atoms with E-state index < -0.39 is 0 Å². The Kier molecular flexibility index (Phi) is 3.92. The summed E-state index contributed by atoms with van der Waals surface area (Å²) >= 11 is 5.95. The van der Waals surface area contributed by atoms with Gasteiger partial charge in [0.2, 0.25) is 0 Å². The second-order valence-electron chi connectivity index (χ2n) is 2.99. The van der Waals surface area contributed by atoms with E-state index in [0.29, 0.717) is 5.02 Å². The third-order valence-electron chi connectivity index (χ3n) is 2.00. The lowest BCUT2D eigenvalue weighted by molar-refractivity contribution is 1.14. The largest absolute Gasteiger partial charge is 0.192 e. The van der Waals surface area contributed by atoms with E-state index >= 15 is 0 Å². The Morgan fingerprint density at radius 3 is 2.60 bits per heavy atom. The molecule has 0 heterocycles. The Morgan fingerprint density at radius 1 is 1.40 bits per heavy atom. The number of aryl methyl sites for hydroxylation is 1. The van der Waals surface area contributed by atoms with Crippen molar-refractivity contribution in [3.8, 4) is 12.1 Å². The lowest BCUT2D eigenvalue weighted by Crippen LogP contribution is -1.84. The first-order chi connectivity index (χ1) is 7.21. The number of rotatable bonds is 2. The molecular formula is C12H9ClN2. The van der Waals surface area contributed by atoms with Gasteiger partial charge in [0.1, 0.15) is 17.7 Å². The second kappa shape index (κ2) is 5.20. The molecule has 0 unspecified atom stereocenters. The van der Waals surface area contributed by atoms with Crippen LogP contribution < -0.4 is 0 Å². The van der Waals surface area contributed by atoms with Gasteiger partial charge in [-0.05, 0) is 29.7 Å². The molecule has 0 aliphatic rings. The monoisotopic (exact) mass is 216 g/mol. The van der Waals surface area contributed by atoms with Crippen LogP contribution in [0.4, 0.5) is 0 Å². The summed E-state index contributed by atoms with van der Waals surface area (Å²) in [7, 11) is 0. The molecule has 1 rings (SSSR count). The van der Waals surface area contributed by atoms with E-state index in [4.69, 9.17) is 22.1 Å². The summed E-state index contributed by atoms with van der Waals surface area (Å²) in [6.07, 6.45) is 2.38. The third kappa shape index (κ3) is 2.84. The van der Waals surface area contributed by atoms with Gasteiger partial charge in [-0.2, -0.15) is 10.5 Å². The summed E-state index contributed by atoms with van der Waals surface area (Å²) in [6, 6.07) is 9.09. The highest BCUT2D eigenvalue weighted by atomic mass is 35.5. The molecule has 15 heavy (non-hydrogen) atoms. The number of allylic oxidation sites excluding steroid dienone is 1. The van der Waals surface area contributed by atoms with Gasteiger partial charge in [0.15, 0.2) is 0 Å². The third-order valence-corrected chi connectivity index (χ3v) is 2.37. The summed E-state index contributed by atoms with van der Waals surface area (Å²) in [5, 5.41) is 17.9. The maximum Gasteiger partial charge on any atom is 0.130 e. The fraction of sp³-hybridized carbons (Fsp3) is 0.167. The summed E-state index contributed by atoms with van der Waals surface area (Å²) < 4.78 is 0. The van der Waals surface area contributed by atoms with Gasteiger partial charge in [0, 0.05) is 5.02 Å². The molecule has 0 atom stereocenters. The van der Waals surface area contributed by atoms with Gasteiger partial charge in [0.25, 0.3) is 0 Å². The summed E-state index contributed by atoms with van der Waals surface area (Å²) in [5.41, 5.74) is 1.94. The molecule has 1 aromatic carbocycles. The van der Waals surface area contributed by atoms with Crippen LogP contribution >= 0.6 is 11.6 Å². The molecule has 0 spiro atoms. The van der Waals surface area contributed by atoms with Gasteiger partial charge in [-0.3, -0.25) is 0 Å². The molecule has 74 valence electrons. The first-order valence-electron chi connectivity index (χ1n) is 4.51. The molecule has 0 saturated carbocycles. The molecule has 0 amide bonds. The van der Waals surface area contributed by atoms with Gasteiger partial charge < -0.3 is 0 Å². The van der Waals surface area contributed by atoms with Crippen LogP contribution in [0.25, 0.3) is 6.08 Å². The van der Waals surface area contributed by atoms with Crippen LogP contribution in [0.3, 0.4) is 0 Å². The molecule has 0 radical (unpaired) electrons. The van der Waals surface area contributed by atoms with Crippen molar-refractivity contribution in [2.45, 2.75) is 13.3 Å². The first-order valence-corrected chi connectivity index (χ1v) is 4.89. The van der Waals surface area contributed by atoms with Crippen molar-refractivity contribution in [1.29, 1.82) is 10.5 Å². The molecule has 0 fully saturated rings. The molecule has 0 saturated heterocycles. The number of halogens is 1. The Labute approximate surface area is 94.0 Å². The maximum absolute atomic E-state index is 8.60. The van der Waals surface area contributed by atoms with E-state index in [1.165, 1.54) is 0 Å². The number of hydrogen-bond donors (Lipinski definition) is 0. The summed E-state index contributed by atoms with van der Waals surface area (Å²) in [4.78, 5) is 0. The molecule has 0 aliphatic carbocycles. The zero-order chi connectivity index (χ0) is 11.3. The smallest absolute Gasteiger partial charge is 0.130 e. The predicted molar refractivity (Wildman–Crippen MR) is 60.0 cm³/mol. The van der Waals surface area contributed by atoms with Crippen molar-refractivity contribution in [2.24, 2.45) is 0 Å². The van der Waals surface area contributed by atoms with E-state index in [9.17, 15) is 0 Å². The van der Waals surface area contributed by atoms with E-state index in [0.717, 1.165) is 17.5 Å². The Balaban J connectivity index is 3.14. The minimum Gasteiger partial charge on any atom is -0.192 e. The quantitative estimate of drug-likeness (QED) is 0.712. The molecule has 2 nitrogen and oxygen atoms in total. The van der Waals surface area contributed by atoms with E-state index in [1.54, 1.807) is 18.2 Å². The number of nitrogens with zero attached hydrogens (tertiary/aromatic N) is 2. The van der Waals surface area contributed by atoms with Crippen molar-refractivity contribution in [3.05, 3.63) is 39.9 Å².